The van der Waals surface area contributed by atoms with Gasteiger partial charge in [0.25, 0.3) is 0 Å². The lowest BCUT2D eigenvalue weighted by Crippen LogP contribution is -2.57. The lowest BCUT2D eigenvalue weighted by molar-refractivity contribution is 0.0472. The number of nitrogens with one attached hydrogen (secondary N) is 1. The molecule has 2 fully saturated rings. The van der Waals surface area contributed by atoms with Crippen LogP contribution in [0.15, 0.2) is 48.2 Å². The summed E-state index contributed by atoms with van der Waals surface area (Å²) in [7, 11) is 0. The minimum absolute atomic E-state index is 0.00504. The van der Waals surface area contributed by atoms with Crippen molar-refractivity contribution >= 4 is 12.1 Å². The summed E-state index contributed by atoms with van der Waals surface area (Å²) < 4.78 is 5.18. The molecule has 5 rings (SSSR count). The molecule has 35 heavy (non-hydrogen) atoms. The van der Waals surface area contributed by atoms with Gasteiger partial charge in [-0.1, -0.05) is 36.4 Å². The van der Waals surface area contributed by atoms with E-state index in [-0.39, 0.29) is 17.5 Å². The first kappa shape index (κ1) is 23.9. The van der Waals surface area contributed by atoms with Gasteiger partial charge in [-0.2, -0.15) is 0 Å². The SMILES string of the molecule is CCOC(=O)N1CCC(N2CCC3(CC2)CN(C(=O)NC2=CCCC=C2)Cc2ccccc23)CC1. The van der Waals surface area contributed by atoms with Crippen LogP contribution in [-0.2, 0) is 16.7 Å². The van der Waals surface area contributed by atoms with Crippen molar-refractivity contribution in [3.63, 3.8) is 0 Å². The van der Waals surface area contributed by atoms with Crippen molar-refractivity contribution in [3.8, 4) is 0 Å². The number of piperidine rings is 2. The Morgan fingerprint density at radius 3 is 2.54 bits per heavy atom. The lowest BCUT2D eigenvalue weighted by Gasteiger charge is -2.50. The highest BCUT2D eigenvalue weighted by Crippen LogP contribution is 2.42. The molecule has 0 unspecified atom stereocenters. The molecule has 3 aliphatic heterocycles. The Morgan fingerprint density at radius 1 is 1.06 bits per heavy atom. The Balaban J connectivity index is 1.24. The molecular weight excluding hydrogens is 440 g/mol. The summed E-state index contributed by atoms with van der Waals surface area (Å²) in [4.78, 5) is 31.8. The van der Waals surface area contributed by atoms with Crippen molar-refractivity contribution in [2.45, 2.75) is 63.5 Å². The van der Waals surface area contributed by atoms with Crippen molar-refractivity contribution in [3.05, 3.63) is 59.3 Å². The van der Waals surface area contributed by atoms with Crippen molar-refractivity contribution in [2.75, 3.05) is 39.3 Å². The molecule has 3 amide bonds. The molecule has 0 aromatic heterocycles. The smallest absolute Gasteiger partial charge is 0.409 e. The van der Waals surface area contributed by atoms with Gasteiger partial charge >= 0.3 is 12.1 Å². The van der Waals surface area contributed by atoms with Crippen LogP contribution >= 0.6 is 0 Å². The first-order chi connectivity index (χ1) is 17.1. The van der Waals surface area contributed by atoms with Gasteiger partial charge in [-0.3, -0.25) is 0 Å². The molecule has 1 aromatic carbocycles. The van der Waals surface area contributed by atoms with Crippen molar-refractivity contribution in [1.29, 1.82) is 0 Å². The molecule has 7 heteroatoms. The number of carbonyl (C=O) groups excluding carboxylic acids is 2. The number of ether oxygens (including phenoxy) is 1. The van der Waals surface area contributed by atoms with E-state index in [2.05, 4.69) is 46.6 Å². The molecular formula is C28H38N4O3. The first-order valence-corrected chi connectivity index (χ1v) is 13.2. The summed E-state index contributed by atoms with van der Waals surface area (Å²) >= 11 is 0. The van der Waals surface area contributed by atoms with E-state index in [9.17, 15) is 9.59 Å². The number of fused-ring (bicyclic) bond motifs is 2. The number of urea groups is 1. The zero-order valence-corrected chi connectivity index (χ0v) is 20.9. The van der Waals surface area contributed by atoms with Gasteiger partial charge < -0.3 is 24.8 Å². The molecule has 1 aromatic rings. The van der Waals surface area contributed by atoms with Gasteiger partial charge in [0.15, 0.2) is 0 Å². The Labute approximate surface area is 208 Å². The number of nitrogens with zero attached hydrogens (tertiary/aromatic N) is 3. The van der Waals surface area contributed by atoms with Gasteiger partial charge in [-0.05, 0) is 75.7 Å². The summed E-state index contributed by atoms with van der Waals surface area (Å²) in [6.07, 6.45) is 12.2. The highest BCUT2D eigenvalue weighted by atomic mass is 16.6. The van der Waals surface area contributed by atoms with Gasteiger partial charge in [0, 0.05) is 43.3 Å². The van der Waals surface area contributed by atoms with E-state index >= 15 is 0 Å². The second-order valence-corrected chi connectivity index (χ2v) is 10.3. The number of benzene rings is 1. The van der Waals surface area contributed by atoms with Crippen LogP contribution in [0.25, 0.3) is 0 Å². The summed E-state index contributed by atoms with van der Waals surface area (Å²) in [6, 6.07) is 9.22. The highest BCUT2D eigenvalue weighted by molar-refractivity contribution is 5.77. The standard InChI is InChI=1S/C28H38N4O3/c1-2-35-27(34)31-16-12-24(13-17-31)30-18-14-28(15-19-30)21-32(20-22-8-6-7-11-25(22)28)26(33)29-23-9-4-3-5-10-23/h4,6-11,24H,2-3,5,12-21H2,1H3,(H,29,33). The van der Waals surface area contributed by atoms with E-state index in [0.717, 1.165) is 76.9 Å². The highest BCUT2D eigenvalue weighted by Gasteiger charge is 2.44. The molecule has 188 valence electrons. The summed E-state index contributed by atoms with van der Waals surface area (Å²) in [6.45, 7) is 7.31. The zero-order valence-electron chi connectivity index (χ0n) is 20.9. The fourth-order valence-corrected chi connectivity index (χ4v) is 6.31. The minimum atomic E-state index is -0.180. The first-order valence-electron chi connectivity index (χ1n) is 13.2. The Hall–Kier alpha value is -2.80. The van der Waals surface area contributed by atoms with Crippen LogP contribution in [0.3, 0.4) is 0 Å². The maximum Gasteiger partial charge on any atom is 0.409 e. The number of hydrogen-bond acceptors (Lipinski definition) is 4. The second kappa shape index (κ2) is 10.4. The Kier molecular flexibility index (Phi) is 7.14. The molecule has 0 saturated carbocycles. The lowest BCUT2D eigenvalue weighted by atomic mass is 9.68. The van der Waals surface area contributed by atoms with Crippen LogP contribution in [0.4, 0.5) is 9.59 Å². The number of amides is 3. The molecule has 4 aliphatic rings. The van der Waals surface area contributed by atoms with E-state index in [1.807, 2.05) is 22.8 Å². The van der Waals surface area contributed by atoms with Crippen molar-refractivity contribution in [1.82, 2.24) is 20.0 Å². The summed E-state index contributed by atoms with van der Waals surface area (Å²) in [5.41, 5.74) is 3.62. The average molecular weight is 479 g/mol. The predicted molar refractivity (Wildman–Crippen MR) is 136 cm³/mol. The number of rotatable bonds is 3. The third-order valence-corrected chi connectivity index (χ3v) is 8.24. The zero-order chi connectivity index (χ0) is 24.3. The fraction of sp³-hybridized carbons (Fsp3) is 0.571. The molecule has 1 spiro atoms. The largest absolute Gasteiger partial charge is 0.450 e. The van der Waals surface area contributed by atoms with E-state index in [4.69, 9.17) is 4.74 Å². The molecule has 3 heterocycles. The van der Waals surface area contributed by atoms with Crippen LogP contribution in [-0.4, -0.2) is 72.2 Å². The number of likely N-dealkylation sites (tertiary alicyclic amines) is 2. The topological polar surface area (TPSA) is 65.1 Å². The van der Waals surface area contributed by atoms with E-state index in [0.29, 0.717) is 19.2 Å². The van der Waals surface area contributed by atoms with Gasteiger partial charge in [-0.25, -0.2) is 9.59 Å². The van der Waals surface area contributed by atoms with Crippen LogP contribution in [0, 0.1) is 0 Å². The van der Waals surface area contributed by atoms with Gasteiger partial charge in [0.2, 0.25) is 0 Å². The molecule has 0 radical (unpaired) electrons. The van der Waals surface area contributed by atoms with Crippen molar-refractivity contribution in [2.24, 2.45) is 0 Å². The van der Waals surface area contributed by atoms with Crippen LogP contribution in [0.2, 0.25) is 0 Å². The van der Waals surface area contributed by atoms with Gasteiger partial charge in [-0.15, -0.1) is 0 Å². The monoisotopic (exact) mass is 478 g/mol. The fourth-order valence-electron chi connectivity index (χ4n) is 6.31. The Morgan fingerprint density at radius 2 is 1.83 bits per heavy atom. The molecule has 7 nitrogen and oxygen atoms in total. The minimum Gasteiger partial charge on any atom is -0.450 e. The maximum absolute atomic E-state index is 13.2. The number of hydrogen-bond donors (Lipinski definition) is 1. The molecule has 0 bridgehead atoms. The third-order valence-electron chi connectivity index (χ3n) is 8.24. The predicted octanol–water partition coefficient (Wildman–Crippen LogP) is 4.40. The second-order valence-electron chi connectivity index (χ2n) is 10.3. The normalized spacial score (nSPS) is 22.5. The maximum atomic E-state index is 13.2. The quantitative estimate of drug-likeness (QED) is 0.699. The molecule has 1 aliphatic carbocycles. The van der Waals surface area contributed by atoms with E-state index in [1.54, 1.807) is 0 Å². The third kappa shape index (κ3) is 5.10. The summed E-state index contributed by atoms with van der Waals surface area (Å²) in [5, 5.41) is 3.13. The van der Waals surface area contributed by atoms with Crippen LogP contribution in [0.1, 0.15) is 56.6 Å². The van der Waals surface area contributed by atoms with E-state index < -0.39 is 0 Å². The molecule has 0 atom stereocenters. The van der Waals surface area contributed by atoms with Crippen LogP contribution < -0.4 is 5.32 Å². The van der Waals surface area contributed by atoms with E-state index in [1.165, 1.54) is 11.1 Å². The Bertz CT molecular complexity index is 988. The van der Waals surface area contributed by atoms with Gasteiger partial charge in [0.1, 0.15) is 0 Å². The van der Waals surface area contributed by atoms with Crippen molar-refractivity contribution < 1.29 is 14.3 Å². The molecule has 1 N–H and O–H groups in total. The van der Waals surface area contributed by atoms with Gasteiger partial charge in [0.05, 0.1) is 6.61 Å². The average Bonchev–Trinajstić information content (AvgIpc) is 2.90. The number of allylic oxidation sites excluding steroid dienone is 3. The van der Waals surface area contributed by atoms with Crippen LogP contribution in [0.5, 0.6) is 0 Å². The summed E-state index contributed by atoms with van der Waals surface area (Å²) in [5.74, 6) is 0. The number of carbonyl (C=O) groups is 2. The molecule has 2 saturated heterocycles.